The Hall–Kier alpha value is -3.14. The summed E-state index contributed by atoms with van der Waals surface area (Å²) in [7, 11) is 4.09. The summed E-state index contributed by atoms with van der Waals surface area (Å²) >= 11 is 0. The van der Waals surface area contributed by atoms with E-state index in [0.29, 0.717) is 5.92 Å². The molecule has 1 atom stereocenters. The second kappa shape index (κ2) is 11.9. The third kappa shape index (κ3) is 6.68. The molecule has 164 valence electrons. The van der Waals surface area contributed by atoms with Crippen molar-refractivity contribution in [3.63, 3.8) is 0 Å². The predicted molar refractivity (Wildman–Crippen MR) is 131 cm³/mol. The van der Waals surface area contributed by atoms with Gasteiger partial charge in [0.25, 0.3) is 0 Å². The zero-order valence-electron chi connectivity index (χ0n) is 19.7. The van der Waals surface area contributed by atoms with Crippen molar-refractivity contribution < 1.29 is 9.37 Å². The lowest BCUT2D eigenvalue weighted by atomic mass is 9.95. The zero-order chi connectivity index (χ0) is 22.8. The van der Waals surface area contributed by atoms with Gasteiger partial charge in [-0.05, 0) is 36.6 Å². The van der Waals surface area contributed by atoms with Gasteiger partial charge in [-0.3, -0.25) is 4.79 Å². The van der Waals surface area contributed by atoms with Gasteiger partial charge in [0, 0.05) is 18.4 Å². The first-order chi connectivity index (χ1) is 15.0. The molecule has 1 amide bonds. The highest BCUT2D eigenvalue weighted by Gasteiger charge is 2.34. The third-order valence-corrected chi connectivity index (χ3v) is 5.32. The van der Waals surface area contributed by atoms with E-state index in [1.54, 1.807) is 0 Å². The van der Waals surface area contributed by atoms with E-state index in [4.69, 9.17) is 0 Å². The molecule has 1 aromatic heterocycles. The summed E-state index contributed by atoms with van der Waals surface area (Å²) in [6, 6.07) is 21.1. The van der Waals surface area contributed by atoms with E-state index >= 15 is 0 Å². The highest BCUT2D eigenvalue weighted by atomic mass is 16.1. The van der Waals surface area contributed by atoms with E-state index < -0.39 is 0 Å². The number of aromatic nitrogens is 1. The van der Waals surface area contributed by atoms with Crippen LogP contribution < -0.4 is 0 Å². The van der Waals surface area contributed by atoms with Crippen molar-refractivity contribution in [2.75, 3.05) is 27.2 Å². The van der Waals surface area contributed by atoms with Crippen LogP contribution in [0, 0.1) is 13.8 Å². The van der Waals surface area contributed by atoms with Crippen LogP contribution in [0.3, 0.4) is 0 Å². The van der Waals surface area contributed by atoms with E-state index in [9.17, 15) is 4.79 Å². The largest absolute Gasteiger partial charge is 0.365 e. The molecule has 4 heteroatoms. The van der Waals surface area contributed by atoms with Crippen molar-refractivity contribution in [1.29, 1.82) is 0 Å². The molecule has 31 heavy (non-hydrogen) atoms. The Bertz CT molecular complexity index is 967. The lowest BCUT2D eigenvalue weighted by Crippen LogP contribution is -2.22. The van der Waals surface area contributed by atoms with Gasteiger partial charge in [-0.2, -0.15) is 0 Å². The highest BCUT2D eigenvalue weighted by Crippen LogP contribution is 2.24. The van der Waals surface area contributed by atoms with Crippen LogP contribution in [0.5, 0.6) is 0 Å². The number of hydrogen-bond acceptors (Lipinski definition) is 1. The molecule has 0 spiro atoms. The molecule has 0 bridgehead atoms. The number of nitrogens with one attached hydrogen (secondary N) is 1. The summed E-state index contributed by atoms with van der Waals surface area (Å²) in [6.07, 6.45) is 2.97. The molecule has 0 radical (unpaired) electrons. The SMILES string of the molecule is CC.Cc1cc(-c2ccccc2)c[nH]1.Cc1ccc(C2CN(C=O)CC2=[N+](C)C)cc1. The third-order valence-electron chi connectivity index (χ3n) is 5.32. The van der Waals surface area contributed by atoms with E-state index in [1.165, 1.54) is 33.7 Å². The summed E-state index contributed by atoms with van der Waals surface area (Å²) in [6.45, 7) is 9.69. The Labute approximate surface area is 187 Å². The monoisotopic (exact) mass is 418 g/mol. The first-order valence-corrected chi connectivity index (χ1v) is 11.0. The summed E-state index contributed by atoms with van der Waals surface area (Å²) in [4.78, 5) is 15.9. The Morgan fingerprint density at radius 2 is 1.61 bits per heavy atom. The van der Waals surface area contributed by atoms with Gasteiger partial charge in [0.2, 0.25) is 6.41 Å². The number of nitrogens with zero attached hydrogens (tertiary/aromatic N) is 2. The van der Waals surface area contributed by atoms with Crippen LogP contribution in [0.4, 0.5) is 0 Å². The molecule has 0 saturated carbocycles. The number of aryl methyl sites for hydroxylation is 2. The van der Waals surface area contributed by atoms with Gasteiger partial charge in [-0.1, -0.05) is 74.0 Å². The number of benzene rings is 2. The molecule has 1 aliphatic rings. The molecule has 1 saturated heterocycles. The van der Waals surface area contributed by atoms with Gasteiger partial charge < -0.3 is 9.88 Å². The van der Waals surface area contributed by atoms with Crippen molar-refractivity contribution in [1.82, 2.24) is 9.88 Å². The van der Waals surface area contributed by atoms with Gasteiger partial charge in [0.15, 0.2) is 5.71 Å². The molecule has 4 nitrogen and oxygen atoms in total. The number of aromatic amines is 1. The molecule has 0 aliphatic carbocycles. The van der Waals surface area contributed by atoms with Crippen molar-refractivity contribution in [3.8, 4) is 11.1 Å². The van der Waals surface area contributed by atoms with Crippen molar-refractivity contribution in [2.24, 2.45) is 0 Å². The topological polar surface area (TPSA) is 39.1 Å². The Balaban J connectivity index is 0.000000214. The molecule has 2 aromatic carbocycles. The number of carbonyl (C=O) groups is 1. The van der Waals surface area contributed by atoms with Crippen molar-refractivity contribution in [3.05, 3.63) is 83.7 Å². The average Bonchev–Trinajstić information content (AvgIpc) is 3.43. The van der Waals surface area contributed by atoms with Crippen LogP contribution in [0.25, 0.3) is 11.1 Å². The summed E-state index contributed by atoms with van der Waals surface area (Å²) in [5.74, 6) is 0.343. The van der Waals surface area contributed by atoms with Crippen LogP contribution >= 0.6 is 0 Å². The molecule has 2 heterocycles. The molecule has 3 aromatic rings. The number of H-pyrrole nitrogens is 1. The lowest BCUT2D eigenvalue weighted by molar-refractivity contribution is -0.466. The standard InChI is InChI=1S/C14H19N2O.C11H11N.C2H6/c1-11-4-6-12(7-5-11)13-8-16(10-17)9-14(13)15(2)3;1-9-7-11(8-12-9)10-5-3-2-4-6-10;1-2/h4-7,10,13H,8-9H2,1-3H3;2-8,12H,1H3;1-2H3/q+1;;. The van der Waals surface area contributed by atoms with E-state index in [0.717, 1.165) is 19.5 Å². The predicted octanol–water partition coefficient (Wildman–Crippen LogP) is 5.28. The minimum atomic E-state index is 0.343. The van der Waals surface area contributed by atoms with Gasteiger partial charge >= 0.3 is 0 Å². The average molecular weight is 419 g/mol. The molecule has 1 fully saturated rings. The fourth-order valence-corrected chi connectivity index (χ4v) is 3.66. The van der Waals surface area contributed by atoms with Gasteiger partial charge in [0.1, 0.15) is 20.6 Å². The van der Waals surface area contributed by atoms with Crippen LogP contribution in [-0.2, 0) is 4.79 Å². The molecular formula is C27H36N3O+. The zero-order valence-corrected chi connectivity index (χ0v) is 19.7. The van der Waals surface area contributed by atoms with E-state index in [-0.39, 0.29) is 0 Å². The minimum absolute atomic E-state index is 0.343. The maximum atomic E-state index is 10.9. The summed E-state index contributed by atoms with van der Waals surface area (Å²) < 4.78 is 2.13. The lowest BCUT2D eigenvalue weighted by Gasteiger charge is -2.09. The van der Waals surface area contributed by atoms with Crippen LogP contribution in [0.1, 0.15) is 36.6 Å². The Morgan fingerprint density at radius 3 is 2.13 bits per heavy atom. The number of amides is 1. The second-order valence-electron chi connectivity index (χ2n) is 7.82. The Morgan fingerprint density at radius 1 is 0.968 bits per heavy atom. The molecule has 4 rings (SSSR count). The number of hydrogen-bond donors (Lipinski definition) is 1. The highest BCUT2D eigenvalue weighted by molar-refractivity contribution is 5.92. The Kier molecular flexibility index (Phi) is 9.26. The first-order valence-electron chi connectivity index (χ1n) is 11.0. The number of carbonyl (C=O) groups excluding carboxylic acids is 1. The van der Waals surface area contributed by atoms with Crippen LogP contribution in [0.15, 0.2) is 66.9 Å². The molecule has 1 N–H and O–H groups in total. The van der Waals surface area contributed by atoms with Crippen LogP contribution in [-0.4, -0.2) is 53.8 Å². The molecular weight excluding hydrogens is 382 g/mol. The first kappa shape index (κ1) is 24.1. The van der Waals surface area contributed by atoms with E-state index in [1.807, 2.05) is 45.1 Å². The quantitative estimate of drug-likeness (QED) is 0.456. The molecule has 1 unspecified atom stereocenters. The van der Waals surface area contributed by atoms with Gasteiger partial charge in [-0.15, -0.1) is 0 Å². The molecule has 1 aliphatic heterocycles. The number of likely N-dealkylation sites (tertiary alicyclic amines) is 1. The fourth-order valence-electron chi connectivity index (χ4n) is 3.66. The maximum Gasteiger partial charge on any atom is 0.210 e. The van der Waals surface area contributed by atoms with Crippen molar-refractivity contribution in [2.45, 2.75) is 33.6 Å². The van der Waals surface area contributed by atoms with E-state index in [2.05, 4.69) is 78.0 Å². The van der Waals surface area contributed by atoms with Gasteiger partial charge in [0.05, 0.1) is 5.92 Å². The smallest absolute Gasteiger partial charge is 0.210 e. The second-order valence-corrected chi connectivity index (χ2v) is 7.82. The maximum absolute atomic E-state index is 10.9. The fraction of sp³-hybridized carbons (Fsp3) is 0.333. The normalized spacial score (nSPS) is 14.8. The summed E-state index contributed by atoms with van der Waals surface area (Å²) in [5.41, 5.74) is 7.60. The number of rotatable bonds is 3. The van der Waals surface area contributed by atoms with Gasteiger partial charge in [-0.25, -0.2) is 4.58 Å². The van der Waals surface area contributed by atoms with Crippen LogP contribution in [0.2, 0.25) is 0 Å². The van der Waals surface area contributed by atoms with Crippen molar-refractivity contribution >= 4 is 12.1 Å². The summed E-state index contributed by atoms with van der Waals surface area (Å²) in [5, 5.41) is 0. The minimum Gasteiger partial charge on any atom is -0.365 e.